The van der Waals surface area contributed by atoms with Crippen LogP contribution in [0.1, 0.15) is 31.9 Å². The Balaban J connectivity index is 1.58. The van der Waals surface area contributed by atoms with Gasteiger partial charge in [0, 0.05) is 44.6 Å². The highest BCUT2D eigenvalue weighted by Crippen LogP contribution is 2.64. The van der Waals surface area contributed by atoms with E-state index in [1.54, 1.807) is 6.20 Å². The zero-order valence-electron chi connectivity index (χ0n) is 12.9. The van der Waals surface area contributed by atoms with Crippen LogP contribution in [0, 0.1) is 5.41 Å². The van der Waals surface area contributed by atoms with E-state index in [2.05, 4.69) is 22.9 Å². The van der Waals surface area contributed by atoms with Gasteiger partial charge < -0.3 is 4.90 Å². The highest BCUT2D eigenvalue weighted by atomic mass is 35.5. The van der Waals surface area contributed by atoms with E-state index in [0.29, 0.717) is 12.5 Å². The molecule has 2 atom stereocenters. The summed E-state index contributed by atoms with van der Waals surface area (Å²) in [6.07, 6.45) is 4.24. The van der Waals surface area contributed by atoms with Crippen LogP contribution in [0.25, 0.3) is 0 Å². The van der Waals surface area contributed by atoms with Crippen molar-refractivity contribution >= 4 is 29.1 Å². The van der Waals surface area contributed by atoms with Crippen molar-refractivity contribution in [2.24, 2.45) is 5.41 Å². The molecule has 0 unspecified atom stereocenters. The summed E-state index contributed by atoms with van der Waals surface area (Å²) >= 11 is 12.2. The van der Waals surface area contributed by atoms with Crippen LogP contribution in [0.2, 0.25) is 0 Å². The number of rotatable bonds is 3. The molecule has 22 heavy (non-hydrogen) atoms. The standard InChI is InChI=1S/C16H21Cl2N3O/c1-12(13-4-3-5-19-10-13)20-6-8-21(9-7-20)14(22)15(2)11-16(15,17)18/h3-5,10,12H,6-9,11H2,1-2H3/t12-,15+/m0/s1. The van der Waals surface area contributed by atoms with Crippen molar-refractivity contribution in [1.82, 2.24) is 14.8 Å². The fourth-order valence-corrected chi connectivity index (χ4v) is 3.82. The Hall–Kier alpha value is -0.840. The molecule has 1 aliphatic carbocycles. The van der Waals surface area contributed by atoms with Gasteiger partial charge in [0.15, 0.2) is 0 Å². The third-order valence-electron chi connectivity index (χ3n) is 5.05. The lowest BCUT2D eigenvalue weighted by Gasteiger charge is -2.39. The summed E-state index contributed by atoms with van der Waals surface area (Å²) in [5.74, 6) is 0.0891. The Morgan fingerprint density at radius 2 is 1.95 bits per heavy atom. The molecule has 0 N–H and O–H groups in total. The highest BCUT2D eigenvalue weighted by molar-refractivity contribution is 6.53. The van der Waals surface area contributed by atoms with Crippen LogP contribution in [-0.2, 0) is 4.79 Å². The molecule has 3 rings (SSSR count). The number of alkyl halides is 2. The molecule has 6 heteroatoms. The molecule has 120 valence electrons. The number of piperazine rings is 1. The monoisotopic (exact) mass is 341 g/mol. The SMILES string of the molecule is C[C@@H](c1cccnc1)N1CCN(C(=O)[C@@]2(C)CC2(Cl)Cl)CC1. The maximum absolute atomic E-state index is 12.6. The molecule has 1 saturated carbocycles. The van der Waals surface area contributed by atoms with Crippen LogP contribution in [0.5, 0.6) is 0 Å². The van der Waals surface area contributed by atoms with Crippen molar-refractivity contribution in [1.29, 1.82) is 0 Å². The van der Waals surface area contributed by atoms with Crippen LogP contribution in [0.4, 0.5) is 0 Å². The molecule has 0 spiro atoms. The number of aromatic nitrogens is 1. The maximum atomic E-state index is 12.6. The maximum Gasteiger partial charge on any atom is 0.231 e. The van der Waals surface area contributed by atoms with Crippen LogP contribution in [-0.4, -0.2) is 51.2 Å². The van der Waals surface area contributed by atoms with Crippen molar-refractivity contribution in [3.63, 3.8) is 0 Å². The van der Waals surface area contributed by atoms with Gasteiger partial charge in [-0.05, 0) is 31.9 Å². The summed E-state index contributed by atoms with van der Waals surface area (Å²) in [7, 11) is 0. The minimum atomic E-state index is -0.885. The molecule has 1 aliphatic heterocycles. The zero-order chi connectivity index (χ0) is 16.0. The topological polar surface area (TPSA) is 36.4 Å². The summed E-state index contributed by atoms with van der Waals surface area (Å²) in [5, 5.41) is 0. The second-order valence-corrected chi connectivity index (χ2v) is 7.99. The summed E-state index contributed by atoms with van der Waals surface area (Å²) in [6.45, 7) is 7.20. The van der Waals surface area contributed by atoms with Crippen LogP contribution >= 0.6 is 23.2 Å². The van der Waals surface area contributed by atoms with Gasteiger partial charge in [-0.3, -0.25) is 14.7 Å². The van der Waals surface area contributed by atoms with E-state index in [1.165, 1.54) is 5.56 Å². The number of carbonyl (C=O) groups excluding carboxylic acids is 1. The quantitative estimate of drug-likeness (QED) is 0.793. The molecule has 1 aromatic heterocycles. The molecule has 2 heterocycles. The van der Waals surface area contributed by atoms with Gasteiger partial charge in [0.2, 0.25) is 5.91 Å². The number of hydrogen-bond acceptors (Lipinski definition) is 3. The number of hydrogen-bond donors (Lipinski definition) is 0. The smallest absolute Gasteiger partial charge is 0.231 e. The second kappa shape index (κ2) is 5.66. The number of nitrogens with zero attached hydrogens (tertiary/aromatic N) is 3. The van der Waals surface area contributed by atoms with Crippen molar-refractivity contribution < 1.29 is 4.79 Å². The molecule has 0 radical (unpaired) electrons. The Morgan fingerprint density at radius 1 is 1.32 bits per heavy atom. The predicted molar refractivity (Wildman–Crippen MR) is 88.0 cm³/mol. The van der Waals surface area contributed by atoms with Gasteiger partial charge in [0.1, 0.15) is 4.33 Å². The van der Waals surface area contributed by atoms with Gasteiger partial charge in [-0.1, -0.05) is 6.07 Å². The Kier molecular flexibility index (Phi) is 4.12. The molecular formula is C16H21Cl2N3O. The average Bonchev–Trinajstić information content (AvgIpc) is 3.06. The van der Waals surface area contributed by atoms with Gasteiger partial charge >= 0.3 is 0 Å². The van der Waals surface area contributed by atoms with E-state index in [1.807, 2.05) is 24.1 Å². The van der Waals surface area contributed by atoms with Gasteiger partial charge in [0.25, 0.3) is 0 Å². The summed E-state index contributed by atoms with van der Waals surface area (Å²) in [4.78, 5) is 21.0. The van der Waals surface area contributed by atoms with Gasteiger partial charge in [-0.2, -0.15) is 0 Å². The number of halogens is 2. The molecule has 2 aliphatic rings. The lowest BCUT2D eigenvalue weighted by molar-refractivity contribution is -0.138. The Morgan fingerprint density at radius 3 is 2.45 bits per heavy atom. The lowest BCUT2D eigenvalue weighted by Crippen LogP contribution is -2.51. The first-order valence-electron chi connectivity index (χ1n) is 7.66. The first-order chi connectivity index (χ1) is 10.3. The minimum absolute atomic E-state index is 0.0891. The molecule has 1 aromatic rings. The Labute approximate surface area is 141 Å². The van der Waals surface area contributed by atoms with Gasteiger partial charge in [-0.25, -0.2) is 0 Å². The van der Waals surface area contributed by atoms with E-state index >= 15 is 0 Å². The van der Waals surface area contributed by atoms with E-state index in [0.717, 1.165) is 26.2 Å². The van der Waals surface area contributed by atoms with E-state index < -0.39 is 9.75 Å². The minimum Gasteiger partial charge on any atom is -0.340 e. The second-order valence-electron chi connectivity index (χ2n) is 6.50. The summed E-state index contributed by atoms with van der Waals surface area (Å²) < 4.78 is -0.885. The third-order valence-corrected chi connectivity index (χ3v) is 6.15. The average molecular weight is 342 g/mol. The van der Waals surface area contributed by atoms with Crippen LogP contribution in [0.15, 0.2) is 24.5 Å². The zero-order valence-corrected chi connectivity index (χ0v) is 14.4. The van der Waals surface area contributed by atoms with E-state index in [-0.39, 0.29) is 5.91 Å². The number of carbonyl (C=O) groups is 1. The molecule has 4 nitrogen and oxygen atoms in total. The largest absolute Gasteiger partial charge is 0.340 e. The highest BCUT2D eigenvalue weighted by Gasteiger charge is 2.68. The van der Waals surface area contributed by atoms with Gasteiger partial charge in [0.05, 0.1) is 5.41 Å². The van der Waals surface area contributed by atoms with E-state index in [4.69, 9.17) is 23.2 Å². The van der Waals surface area contributed by atoms with Crippen molar-refractivity contribution in [2.45, 2.75) is 30.6 Å². The molecule has 2 fully saturated rings. The van der Waals surface area contributed by atoms with Gasteiger partial charge in [-0.15, -0.1) is 23.2 Å². The van der Waals surface area contributed by atoms with Crippen LogP contribution < -0.4 is 0 Å². The molecule has 1 amide bonds. The number of pyridine rings is 1. The molecular weight excluding hydrogens is 321 g/mol. The first-order valence-corrected chi connectivity index (χ1v) is 8.42. The van der Waals surface area contributed by atoms with Crippen molar-refractivity contribution in [2.75, 3.05) is 26.2 Å². The predicted octanol–water partition coefficient (Wildman–Crippen LogP) is 2.87. The van der Waals surface area contributed by atoms with Crippen molar-refractivity contribution in [3.05, 3.63) is 30.1 Å². The van der Waals surface area contributed by atoms with Crippen LogP contribution in [0.3, 0.4) is 0 Å². The van der Waals surface area contributed by atoms with Crippen molar-refractivity contribution in [3.8, 4) is 0 Å². The molecule has 0 aromatic carbocycles. The molecule has 1 saturated heterocycles. The van der Waals surface area contributed by atoms with E-state index in [9.17, 15) is 4.79 Å². The first kappa shape index (κ1) is 16.0. The summed E-state index contributed by atoms with van der Waals surface area (Å²) in [6, 6.07) is 4.36. The fraction of sp³-hybridized carbons (Fsp3) is 0.625. The normalized spacial score (nSPS) is 29.2. The summed E-state index contributed by atoms with van der Waals surface area (Å²) in [5.41, 5.74) is 0.602. The number of amides is 1. The Bertz CT molecular complexity index is 558. The third kappa shape index (κ3) is 2.72. The molecule has 0 bridgehead atoms. The lowest BCUT2D eigenvalue weighted by atomic mass is 10.1. The fourth-order valence-electron chi connectivity index (χ4n) is 3.13.